The Morgan fingerprint density at radius 1 is 1.27 bits per heavy atom. The van der Waals surface area contributed by atoms with Crippen LogP contribution in [0.2, 0.25) is 0 Å². The van der Waals surface area contributed by atoms with Crippen molar-refractivity contribution in [3.8, 4) is 0 Å². The number of amides is 2. The first-order valence-electron chi connectivity index (χ1n) is 5.17. The Kier molecular flexibility index (Phi) is 2.76. The molecule has 4 N–H and O–H groups in total. The molecule has 1 aromatic carbocycles. The first-order chi connectivity index (χ1) is 7.24. The summed E-state index contributed by atoms with van der Waals surface area (Å²) in [7, 11) is 0. The lowest BCUT2D eigenvalue weighted by Crippen LogP contribution is -2.41. The topological polar surface area (TPSA) is 67.1 Å². The summed E-state index contributed by atoms with van der Waals surface area (Å²) in [5, 5.41) is 5.66. The molecule has 2 rings (SSSR count). The van der Waals surface area contributed by atoms with Gasteiger partial charge in [-0.2, -0.15) is 0 Å². The third kappa shape index (κ3) is 2.62. The van der Waals surface area contributed by atoms with Gasteiger partial charge in [-0.05, 0) is 43.5 Å². The molecular weight excluding hydrogens is 190 g/mol. The molecule has 1 aromatic rings. The fraction of sp³-hybridized carbons (Fsp3) is 0.364. The van der Waals surface area contributed by atoms with E-state index < -0.39 is 0 Å². The lowest BCUT2D eigenvalue weighted by atomic mass is 9.93. The van der Waals surface area contributed by atoms with Gasteiger partial charge in [0.2, 0.25) is 0 Å². The van der Waals surface area contributed by atoms with Crippen LogP contribution in [0.25, 0.3) is 0 Å². The van der Waals surface area contributed by atoms with Crippen LogP contribution in [0, 0.1) is 0 Å². The average Bonchev–Trinajstić information content (AvgIpc) is 2.16. The molecule has 0 heterocycles. The van der Waals surface area contributed by atoms with Gasteiger partial charge in [-0.3, -0.25) is 0 Å². The number of carbonyl (C=O) groups is 1. The minimum Gasteiger partial charge on any atom is -0.399 e. The van der Waals surface area contributed by atoms with Crippen LogP contribution in [-0.2, 0) is 0 Å². The molecule has 0 aromatic heterocycles. The van der Waals surface area contributed by atoms with E-state index in [4.69, 9.17) is 5.73 Å². The van der Waals surface area contributed by atoms with Crippen molar-refractivity contribution in [2.75, 3.05) is 11.1 Å². The monoisotopic (exact) mass is 205 g/mol. The standard InChI is InChI=1S/C11H15N3O/c12-8-4-6-10(7-5-8)14-11(15)13-9-2-1-3-9/h4-7,9H,1-3,12H2,(H2,13,14,15). The number of urea groups is 1. The molecule has 2 amide bonds. The Hall–Kier alpha value is -1.71. The van der Waals surface area contributed by atoms with E-state index in [0.717, 1.165) is 18.5 Å². The lowest BCUT2D eigenvalue weighted by molar-refractivity contribution is 0.240. The highest BCUT2D eigenvalue weighted by atomic mass is 16.2. The van der Waals surface area contributed by atoms with Gasteiger partial charge in [-0.1, -0.05) is 0 Å². The highest BCUT2D eigenvalue weighted by molar-refractivity contribution is 5.89. The van der Waals surface area contributed by atoms with Crippen molar-refractivity contribution >= 4 is 17.4 Å². The van der Waals surface area contributed by atoms with Crippen LogP contribution in [0.1, 0.15) is 19.3 Å². The van der Waals surface area contributed by atoms with E-state index in [-0.39, 0.29) is 6.03 Å². The average molecular weight is 205 g/mol. The molecule has 0 aliphatic heterocycles. The normalized spacial score (nSPS) is 15.5. The molecular formula is C11H15N3O. The zero-order valence-electron chi connectivity index (χ0n) is 8.49. The van der Waals surface area contributed by atoms with Gasteiger partial charge in [-0.25, -0.2) is 4.79 Å². The number of rotatable bonds is 2. The zero-order chi connectivity index (χ0) is 10.7. The van der Waals surface area contributed by atoms with Crippen molar-refractivity contribution in [3.63, 3.8) is 0 Å². The van der Waals surface area contributed by atoms with Crippen molar-refractivity contribution in [1.82, 2.24) is 5.32 Å². The minimum absolute atomic E-state index is 0.135. The quantitative estimate of drug-likeness (QED) is 0.646. The molecule has 1 aliphatic carbocycles. The maximum absolute atomic E-state index is 11.4. The summed E-state index contributed by atoms with van der Waals surface area (Å²) in [4.78, 5) is 11.4. The summed E-state index contributed by atoms with van der Waals surface area (Å²) in [5.41, 5.74) is 7.00. The predicted octanol–water partition coefficient (Wildman–Crippen LogP) is 1.94. The number of benzene rings is 1. The molecule has 0 radical (unpaired) electrons. The van der Waals surface area contributed by atoms with Crippen LogP contribution in [0.3, 0.4) is 0 Å². The number of hydrogen-bond donors (Lipinski definition) is 3. The summed E-state index contributed by atoms with van der Waals surface area (Å²) < 4.78 is 0. The third-order valence-corrected chi connectivity index (χ3v) is 2.61. The van der Waals surface area contributed by atoms with E-state index in [0.29, 0.717) is 11.7 Å². The van der Waals surface area contributed by atoms with E-state index in [1.165, 1.54) is 6.42 Å². The van der Waals surface area contributed by atoms with E-state index >= 15 is 0 Å². The van der Waals surface area contributed by atoms with E-state index in [2.05, 4.69) is 10.6 Å². The zero-order valence-corrected chi connectivity index (χ0v) is 8.49. The third-order valence-electron chi connectivity index (χ3n) is 2.61. The number of nitrogen functional groups attached to an aromatic ring is 1. The number of carbonyl (C=O) groups excluding carboxylic acids is 1. The lowest BCUT2D eigenvalue weighted by Gasteiger charge is -2.26. The van der Waals surface area contributed by atoms with Crippen molar-refractivity contribution in [3.05, 3.63) is 24.3 Å². The number of anilines is 2. The molecule has 0 unspecified atom stereocenters. The summed E-state index contributed by atoms with van der Waals surface area (Å²) in [6.45, 7) is 0. The molecule has 1 saturated carbocycles. The van der Waals surface area contributed by atoms with Crippen LogP contribution >= 0.6 is 0 Å². The van der Waals surface area contributed by atoms with Gasteiger partial charge < -0.3 is 16.4 Å². The Balaban J connectivity index is 1.84. The largest absolute Gasteiger partial charge is 0.399 e. The first-order valence-corrected chi connectivity index (χ1v) is 5.17. The summed E-state index contributed by atoms with van der Waals surface area (Å²) in [5.74, 6) is 0. The first kappa shape index (κ1) is 9.83. The van der Waals surface area contributed by atoms with Crippen LogP contribution in [0.5, 0.6) is 0 Å². The Labute approximate surface area is 88.9 Å². The second-order valence-corrected chi connectivity index (χ2v) is 3.85. The summed E-state index contributed by atoms with van der Waals surface area (Å²) in [6, 6.07) is 7.33. The summed E-state index contributed by atoms with van der Waals surface area (Å²) >= 11 is 0. The van der Waals surface area contributed by atoms with E-state index in [1.54, 1.807) is 24.3 Å². The number of nitrogens with two attached hydrogens (primary N) is 1. The minimum atomic E-state index is -0.135. The van der Waals surface area contributed by atoms with E-state index in [9.17, 15) is 4.79 Å². The molecule has 1 aliphatic rings. The second kappa shape index (κ2) is 4.21. The van der Waals surface area contributed by atoms with Gasteiger partial charge in [0.05, 0.1) is 0 Å². The van der Waals surface area contributed by atoms with Crippen molar-refractivity contribution in [2.45, 2.75) is 25.3 Å². The molecule has 0 spiro atoms. The smallest absolute Gasteiger partial charge is 0.319 e. The Bertz CT molecular complexity index is 343. The van der Waals surface area contributed by atoms with Gasteiger partial charge in [0.15, 0.2) is 0 Å². The molecule has 4 nitrogen and oxygen atoms in total. The molecule has 4 heteroatoms. The van der Waals surface area contributed by atoms with Gasteiger partial charge in [0.1, 0.15) is 0 Å². The fourth-order valence-corrected chi connectivity index (χ4v) is 1.47. The fourth-order valence-electron chi connectivity index (χ4n) is 1.47. The molecule has 0 bridgehead atoms. The maximum atomic E-state index is 11.4. The maximum Gasteiger partial charge on any atom is 0.319 e. The molecule has 0 saturated heterocycles. The van der Waals surface area contributed by atoms with Crippen molar-refractivity contribution in [1.29, 1.82) is 0 Å². The van der Waals surface area contributed by atoms with Gasteiger partial charge in [0, 0.05) is 17.4 Å². The molecule has 15 heavy (non-hydrogen) atoms. The molecule has 80 valence electrons. The second-order valence-electron chi connectivity index (χ2n) is 3.85. The van der Waals surface area contributed by atoms with Crippen molar-refractivity contribution < 1.29 is 4.79 Å². The predicted molar refractivity (Wildman–Crippen MR) is 60.6 cm³/mol. The van der Waals surface area contributed by atoms with Crippen LogP contribution in [0.4, 0.5) is 16.2 Å². The highest BCUT2D eigenvalue weighted by Crippen LogP contribution is 2.18. The number of nitrogens with one attached hydrogen (secondary N) is 2. The van der Waals surface area contributed by atoms with Crippen molar-refractivity contribution in [2.24, 2.45) is 0 Å². The van der Waals surface area contributed by atoms with Gasteiger partial charge in [0.25, 0.3) is 0 Å². The van der Waals surface area contributed by atoms with Gasteiger partial charge in [-0.15, -0.1) is 0 Å². The van der Waals surface area contributed by atoms with Crippen LogP contribution in [-0.4, -0.2) is 12.1 Å². The summed E-state index contributed by atoms with van der Waals surface area (Å²) in [6.07, 6.45) is 3.40. The Morgan fingerprint density at radius 2 is 1.93 bits per heavy atom. The van der Waals surface area contributed by atoms with Crippen LogP contribution in [0.15, 0.2) is 24.3 Å². The number of hydrogen-bond acceptors (Lipinski definition) is 2. The van der Waals surface area contributed by atoms with Gasteiger partial charge >= 0.3 is 6.03 Å². The molecule has 0 atom stereocenters. The SMILES string of the molecule is Nc1ccc(NC(=O)NC2CCC2)cc1. The van der Waals surface area contributed by atoms with Crippen LogP contribution < -0.4 is 16.4 Å². The van der Waals surface area contributed by atoms with E-state index in [1.807, 2.05) is 0 Å². The highest BCUT2D eigenvalue weighted by Gasteiger charge is 2.18. The Morgan fingerprint density at radius 3 is 2.47 bits per heavy atom. The molecule has 1 fully saturated rings.